The zero-order valence-electron chi connectivity index (χ0n) is 16.0. The fourth-order valence-corrected chi connectivity index (χ4v) is 2.82. The van der Waals surface area contributed by atoms with E-state index in [-0.39, 0.29) is 29.4 Å². The van der Waals surface area contributed by atoms with Gasteiger partial charge in [0.15, 0.2) is 11.6 Å². The molecule has 0 saturated heterocycles. The van der Waals surface area contributed by atoms with Crippen LogP contribution in [0.15, 0.2) is 54.7 Å². The second kappa shape index (κ2) is 8.90. The molecule has 0 aliphatic heterocycles. The highest BCUT2D eigenvalue weighted by Gasteiger charge is 2.31. The first-order chi connectivity index (χ1) is 14.7. The Kier molecular flexibility index (Phi) is 6.28. The Morgan fingerprint density at radius 2 is 1.90 bits per heavy atom. The Labute approximate surface area is 174 Å². The highest BCUT2D eigenvalue weighted by Crippen LogP contribution is 2.28. The molecule has 3 aromatic rings. The number of methoxy groups -OCH3 is 1. The van der Waals surface area contributed by atoms with E-state index in [1.54, 1.807) is 12.1 Å². The lowest BCUT2D eigenvalue weighted by atomic mass is 10.0. The van der Waals surface area contributed by atoms with E-state index in [1.807, 2.05) is 0 Å². The Bertz CT molecular complexity index is 1100. The van der Waals surface area contributed by atoms with Crippen molar-refractivity contribution in [3.63, 3.8) is 0 Å². The largest absolute Gasteiger partial charge is 0.573 e. The first-order valence-electron chi connectivity index (χ1n) is 8.82. The molecular weight excluding hydrogens is 420 g/mol. The highest BCUT2D eigenvalue weighted by molar-refractivity contribution is 5.92. The fraction of sp³-hybridized carbons (Fsp3) is 0.143. The number of aromatic carboxylic acids is 1. The van der Waals surface area contributed by atoms with Gasteiger partial charge in [-0.25, -0.2) is 14.2 Å². The summed E-state index contributed by atoms with van der Waals surface area (Å²) >= 11 is 0. The number of pyridine rings is 1. The molecule has 0 saturated carbocycles. The van der Waals surface area contributed by atoms with Crippen LogP contribution >= 0.6 is 0 Å². The minimum Gasteiger partial charge on any atom is -0.496 e. The van der Waals surface area contributed by atoms with Crippen molar-refractivity contribution in [2.75, 3.05) is 12.4 Å². The van der Waals surface area contributed by atoms with Gasteiger partial charge in [-0.15, -0.1) is 13.2 Å². The van der Waals surface area contributed by atoms with Crippen molar-refractivity contribution < 1.29 is 36.9 Å². The first kappa shape index (κ1) is 21.9. The number of rotatable bonds is 7. The van der Waals surface area contributed by atoms with Gasteiger partial charge in [0.2, 0.25) is 0 Å². The second-order valence-corrected chi connectivity index (χ2v) is 6.32. The van der Waals surface area contributed by atoms with E-state index in [0.717, 1.165) is 6.07 Å². The van der Waals surface area contributed by atoms with Crippen LogP contribution in [0.4, 0.5) is 23.4 Å². The lowest BCUT2D eigenvalue weighted by Gasteiger charge is -2.12. The molecule has 0 atom stereocenters. The number of alkyl halides is 3. The van der Waals surface area contributed by atoms with Crippen molar-refractivity contribution in [3.05, 3.63) is 71.7 Å². The summed E-state index contributed by atoms with van der Waals surface area (Å²) in [6.07, 6.45) is -3.46. The molecule has 0 unspecified atom stereocenters. The number of aromatic nitrogens is 1. The van der Waals surface area contributed by atoms with Crippen molar-refractivity contribution in [2.45, 2.75) is 12.9 Å². The molecule has 162 valence electrons. The summed E-state index contributed by atoms with van der Waals surface area (Å²) in [6, 6.07) is 10.8. The van der Waals surface area contributed by atoms with Gasteiger partial charge in [0.25, 0.3) is 0 Å². The lowest BCUT2D eigenvalue weighted by molar-refractivity contribution is -0.274. The van der Waals surface area contributed by atoms with E-state index in [9.17, 15) is 27.5 Å². The van der Waals surface area contributed by atoms with Crippen LogP contribution in [0.3, 0.4) is 0 Å². The van der Waals surface area contributed by atoms with E-state index in [2.05, 4.69) is 15.0 Å². The molecule has 0 aliphatic carbocycles. The number of carboxylic acid groups (broad SMARTS) is 1. The van der Waals surface area contributed by atoms with Crippen molar-refractivity contribution >= 4 is 11.8 Å². The predicted octanol–water partition coefficient (Wildman–Crippen LogP) is 5.11. The number of carboxylic acids is 1. The maximum absolute atomic E-state index is 14.5. The van der Waals surface area contributed by atoms with Gasteiger partial charge in [0.05, 0.1) is 7.11 Å². The molecule has 0 amide bonds. The molecule has 2 aromatic carbocycles. The topological polar surface area (TPSA) is 80.7 Å². The third-order valence-electron chi connectivity index (χ3n) is 4.20. The number of benzene rings is 2. The van der Waals surface area contributed by atoms with Gasteiger partial charge in [0, 0.05) is 18.3 Å². The van der Waals surface area contributed by atoms with E-state index in [0.29, 0.717) is 16.7 Å². The molecule has 0 radical (unpaired) electrons. The molecule has 0 aliphatic rings. The number of carbonyl (C=O) groups is 1. The Morgan fingerprint density at radius 1 is 1.13 bits per heavy atom. The normalized spacial score (nSPS) is 11.1. The van der Waals surface area contributed by atoms with Crippen LogP contribution in [0, 0.1) is 5.82 Å². The number of halogens is 4. The Morgan fingerprint density at radius 3 is 2.55 bits per heavy atom. The number of nitrogens with zero attached hydrogens (tertiary/aromatic N) is 1. The Hall–Kier alpha value is -3.82. The third kappa shape index (κ3) is 5.62. The Balaban J connectivity index is 1.76. The molecule has 0 fully saturated rings. The standard InChI is InChI=1S/C21H16F4N2O4/c1-30-18-6-5-13(8-16(18)20(28)29)14-9-17(22)19(27-11-14)26-10-12-3-2-4-15(7-12)31-21(23,24)25/h2-9,11H,10H2,1H3,(H,26,27)(H,28,29). The number of nitrogens with one attached hydrogen (secondary N) is 1. The minimum absolute atomic E-state index is 0.00399. The molecular formula is C21H16F4N2O4. The summed E-state index contributed by atoms with van der Waals surface area (Å²) in [7, 11) is 1.34. The van der Waals surface area contributed by atoms with Crippen LogP contribution in [-0.2, 0) is 6.54 Å². The number of anilines is 1. The van der Waals surface area contributed by atoms with E-state index >= 15 is 0 Å². The van der Waals surface area contributed by atoms with E-state index < -0.39 is 18.1 Å². The molecule has 6 nitrogen and oxygen atoms in total. The van der Waals surface area contributed by atoms with Gasteiger partial charge in [0.1, 0.15) is 17.1 Å². The SMILES string of the molecule is COc1ccc(-c2cnc(NCc3cccc(OC(F)(F)F)c3)c(F)c2)cc1C(=O)O. The van der Waals surface area contributed by atoms with Crippen molar-refractivity contribution in [2.24, 2.45) is 0 Å². The summed E-state index contributed by atoms with van der Waals surface area (Å²) < 4.78 is 60.3. The molecule has 3 rings (SSSR count). The third-order valence-corrected chi connectivity index (χ3v) is 4.20. The average Bonchev–Trinajstić information content (AvgIpc) is 2.71. The summed E-state index contributed by atoms with van der Waals surface area (Å²) in [4.78, 5) is 15.3. The van der Waals surface area contributed by atoms with Crippen molar-refractivity contribution in [1.82, 2.24) is 4.98 Å². The van der Waals surface area contributed by atoms with Crippen LogP contribution in [0.1, 0.15) is 15.9 Å². The van der Waals surface area contributed by atoms with Crippen molar-refractivity contribution in [3.8, 4) is 22.6 Å². The summed E-state index contributed by atoms with van der Waals surface area (Å²) in [5, 5.41) is 12.0. The van der Waals surface area contributed by atoms with Gasteiger partial charge in [-0.2, -0.15) is 0 Å². The van der Waals surface area contributed by atoms with E-state index in [1.165, 1.54) is 43.6 Å². The zero-order valence-corrected chi connectivity index (χ0v) is 16.0. The summed E-state index contributed by atoms with van der Waals surface area (Å²) in [5.41, 5.74) is 1.11. The van der Waals surface area contributed by atoms with Gasteiger partial charge in [-0.1, -0.05) is 18.2 Å². The summed E-state index contributed by atoms with van der Waals surface area (Å²) in [6.45, 7) is 0.00399. The van der Waals surface area contributed by atoms with Crippen LogP contribution in [0.2, 0.25) is 0 Å². The van der Waals surface area contributed by atoms with Crippen molar-refractivity contribution in [1.29, 1.82) is 0 Å². The van der Waals surface area contributed by atoms with Gasteiger partial charge in [-0.3, -0.25) is 0 Å². The molecule has 2 N–H and O–H groups in total. The number of hydrogen-bond donors (Lipinski definition) is 2. The van der Waals surface area contributed by atoms with Gasteiger partial charge in [-0.05, 0) is 41.5 Å². The molecule has 1 heterocycles. The quantitative estimate of drug-likeness (QED) is 0.502. The maximum atomic E-state index is 14.5. The monoisotopic (exact) mass is 436 g/mol. The summed E-state index contributed by atoms with van der Waals surface area (Å²) in [5.74, 6) is -2.24. The van der Waals surface area contributed by atoms with Crippen LogP contribution in [0.25, 0.3) is 11.1 Å². The molecule has 1 aromatic heterocycles. The molecule has 0 bridgehead atoms. The lowest BCUT2D eigenvalue weighted by Crippen LogP contribution is -2.17. The first-order valence-corrected chi connectivity index (χ1v) is 8.82. The van der Waals surface area contributed by atoms with Crippen LogP contribution in [-0.4, -0.2) is 29.5 Å². The van der Waals surface area contributed by atoms with Crippen LogP contribution in [0.5, 0.6) is 11.5 Å². The van der Waals surface area contributed by atoms with E-state index in [4.69, 9.17) is 4.74 Å². The maximum Gasteiger partial charge on any atom is 0.573 e. The van der Waals surface area contributed by atoms with Crippen LogP contribution < -0.4 is 14.8 Å². The fourth-order valence-electron chi connectivity index (χ4n) is 2.82. The number of hydrogen-bond acceptors (Lipinski definition) is 5. The molecule has 10 heteroatoms. The predicted molar refractivity (Wildman–Crippen MR) is 104 cm³/mol. The molecule has 0 spiro atoms. The minimum atomic E-state index is -4.81. The average molecular weight is 436 g/mol. The highest BCUT2D eigenvalue weighted by atomic mass is 19.4. The van der Waals surface area contributed by atoms with Gasteiger partial charge < -0.3 is 19.9 Å². The smallest absolute Gasteiger partial charge is 0.496 e. The number of ether oxygens (including phenoxy) is 2. The second-order valence-electron chi connectivity index (χ2n) is 6.32. The zero-order chi connectivity index (χ0) is 22.6. The van der Waals surface area contributed by atoms with Gasteiger partial charge >= 0.3 is 12.3 Å². The molecule has 31 heavy (non-hydrogen) atoms.